The van der Waals surface area contributed by atoms with Gasteiger partial charge in [-0.25, -0.2) is 0 Å². The lowest BCUT2D eigenvalue weighted by Crippen LogP contribution is -2.54. The molecule has 2 N–H and O–H groups in total. The van der Waals surface area contributed by atoms with Gasteiger partial charge in [-0.05, 0) is 24.6 Å². The highest BCUT2D eigenvalue weighted by molar-refractivity contribution is 6.23. The van der Waals surface area contributed by atoms with Crippen LogP contribution in [0, 0.1) is 0 Å². The molecule has 0 spiro atoms. The van der Waals surface area contributed by atoms with Gasteiger partial charge in [-0.15, -0.1) is 0 Å². The summed E-state index contributed by atoms with van der Waals surface area (Å²) >= 11 is 0. The van der Waals surface area contributed by atoms with E-state index in [4.69, 9.17) is 0 Å². The van der Waals surface area contributed by atoms with Crippen molar-refractivity contribution in [1.82, 2.24) is 20.0 Å². The number of rotatable bonds is 8. The van der Waals surface area contributed by atoms with E-state index in [0.29, 0.717) is 19.5 Å². The average Bonchev–Trinajstić information content (AvgIpc) is 3.08. The number of carbonyl (C=O) groups is 5. The predicted octanol–water partition coefficient (Wildman–Crippen LogP) is -0.320. The Morgan fingerprint density at radius 3 is 2.38 bits per heavy atom. The quantitative estimate of drug-likeness (QED) is 0.387. The molecule has 0 aliphatic carbocycles. The summed E-state index contributed by atoms with van der Waals surface area (Å²) in [6, 6.07) is 4.03. The van der Waals surface area contributed by atoms with E-state index < -0.39 is 29.7 Å². The van der Waals surface area contributed by atoms with Crippen LogP contribution in [0.25, 0.3) is 0 Å². The number of nitrogens with one attached hydrogen (secondary N) is 2. The number of nitrogens with zero attached hydrogens (tertiary/aromatic N) is 3. The Hall–Kier alpha value is -3.31. The van der Waals surface area contributed by atoms with Gasteiger partial charge in [0.2, 0.25) is 11.8 Å². The number of imide groups is 2. The summed E-state index contributed by atoms with van der Waals surface area (Å²) in [5, 5.41) is 5.50. The molecule has 34 heavy (non-hydrogen) atoms. The van der Waals surface area contributed by atoms with Gasteiger partial charge in [-0.1, -0.05) is 0 Å². The van der Waals surface area contributed by atoms with Crippen LogP contribution in [0.15, 0.2) is 18.2 Å². The van der Waals surface area contributed by atoms with Crippen molar-refractivity contribution in [3.05, 3.63) is 29.3 Å². The number of amides is 4. The molecule has 182 valence electrons. The van der Waals surface area contributed by atoms with Crippen molar-refractivity contribution >= 4 is 35.3 Å². The molecule has 2 saturated heterocycles. The van der Waals surface area contributed by atoms with E-state index in [-0.39, 0.29) is 29.9 Å². The zero-order valence-corrected chi connectivity index (χ0v) is 19.2. The molecule has 4 amide bonds. The minimum absolute atomic E-state index is 0.0934. The van der Waals surface area contributed by atoms with E-state index in [1.165, 1.54) is 7.11 Å². The zero-order chi connectivity index (χ0) is 24.2. The number of benzene rings is 1. The lowest BCUT2D eigenvalue weighted by atomic mass is 10.0. The van der Waals surface area contributed by atoms with Crippen molar-refractivity contribution < 1.29 is 28.7 Å². The van der Waals surface area contributed by atoms with Crippen molar-refractivity contribution in [3.8, 4) is 0 Å². The maximum absolute atomic E-state index is 12.9. The minimum Gasteiger partial charge on any atom is -0.469 e. The van der Waals surface area contributed by atoms with Gasteiger partial charge in [0, 0.05) is 57.9 Å². The first-order valence-electron chi connectivity index (χ1n) is 11.5. The number of fused-ring (bicyclic) bond motifs is 1. The summed E-state index contributed by atoms with van der Waals surface area (Å²) in [5.41, 5.74) is 1.25. The lowest BCUT2D eigenvalue weighted by Gasteiger charge is -2.34. The Morgan fingerprint density at radius 2 is 1.71 bits per heavy atom. The second-order valence-corrected chi connectivity index (χ2v) is 8.64. The molecule has 1 aromatic carbocycles. The summed E-state index contributed by atoms with van der Waals surface area (Å²) in [6.07, 6.45) is 0.631. The topological polar surface area (TPSA) is 128 Å². The summed E-state index contributed by atoms with van der Waals surface area (Å²) in [6.45, 7) is 5.78. The van der Waals surface area contributed by atoms with Gasteiger partial charge in [0.15, 0.2) is 0 Å². The average molecular weight is 472 g/mol. The molecule has 11 nitrogen and oxygen atoms in total. The molecule has 1 aromatic rings. The third-order valence-corrected chi connectivity index (χ3v) is 6.52. The van der Waals surface area contributed by atoms with Crippen molar-refractivity contribution in [1.29, 1.82) is 0 Å². The molecule has 2 fully saturated rings. The van der Waals surface area contributed by atoms with Crippen molar-refractivity contribution in [3.63, 3.8) is 0 Å². The molecule has 3 aliphatic heterocycles. The van der Waals surface area contributed by atoms with Gasteiger partial charge in [0.1, 0.15) is 6.04 Å². The first-order valence-corrected chi connectivity index (χ1v) is 11.5. The number of ether oxygens (including phenoxy) is 1. The number of piperazine rings is 1. The third kappa shape index (κ3) is 5.10. The molecule has 11 heteroatoms. The van der Waals surface area contributed by atoms with Crippen LogP contribution < -0.4 is 10.6 Å². The molecule has 4 rings (SSSR count). The van der Waals surface area contributed by atoms with Crippen LogP contribution >= 0.6 is 0 Å². The number of methoxy groups -OCH3 is 1. The van der Waals surface area contributed by atoms with Crippen LogP contribution in [0.5, 0.6) is 0 Å². The van der Waals surface area contributed by atoms with Crippen molar-refractivity contribution in [2.24, 2.45) is 0 Å². The SMILES string of the molecule is COC(=O)CCN1CCN(CCNc2ccc3c(c2)C(=O)N(C2CCC(=O)NC2=O)C3=O)CC1. The highest BCUT2D eigenvalue weighted by atomic mass is 16.5. The standard InChI is InChI=1S/C23H29N5O6/c1-34-20(30)6-8-26-10-12-27(13-11-26)9-7-24-15-2-3-16-17(14-15)23(33)28(22(16)32)18-4-5-19(29)25-21(18)31/h2-3,14,18,24H,4-13H2,1H3,(H,25,29,31). The van der Waals surface area contributed by atoms with E-state index in [2.05, 4.69) is 25.2 Å². The van der Waals surface area contributed by atoms with Crippen LogP contribution in [0.4, 0.5) is 5.69 Å². The molecule has 3 aliphatic rings. The monoisotopic (exact) mass is 471 g/mol. The number of anilines is 1. The molecule has 0 saturated carbocycles. The first kappa shape index (κ1) is 23.8. The molecule has 0 aromatic heterocycles. The Bertz CT molecular complexity index is 1000. The molecule has 3 heterocycles. The fourth-order valence-corrected chi connectivity index (χ4v) is 4.53. The Labute approximate surface area is 197 Å². The smallest absolute Gasteiger partial charge is 0.306 e. The highest BCUT2D eigenvalue weighted by Gasteiger charge is 2.44. The van der Waals surface area contributed by atoms with Crippen LogP contribution in [0.3, 0.4) is 0 Å². The largest absolute Gasteiger partial charge is 0.469 e. The normalized spacial score (nSPS) is 21.4. The van der Waals surface area contributed by atoms with Crippen molar-refractivity contribution in [2.75, 3.05) is 58.2 Å². The number of piperidine rings is 1. The second-order valence-electron chi connectivity index (χ2n) is 8.64. The molecule has 0 radical (unpaired) electrons. The van der Waals surface area contributed by atoms with Crippen LogP contribution in [0.2, 0.25) is 0 Å². The number of carbonyl (C=O) groups excluding carboxylic acids is 5. The van der Waals surface area contributed by atoms with Gasteiger partial charge < -0.3 is 15.0 Å². The fourth-order valence-electron chi connectivity index (χ4n) is 4.53. The van der Waals surface area contributed by atoms with E-state index in [1.807, 2.05) is 0 Å². The summed E-state index contributed by atoms with van der Waals surface area (Å²) in [7, 11) is 1.40. The first-order chi connectivity index (χ1) is 16.4. The highest BCUT2D eigenvalue weighted by Crippen LogP contribution is 2.29. The Kier molecular flexibility index (Phi) is 7.23. The summed E-state index contributed by atoms with van der Waals surface area (Å²) in [5.74, 6) is -2.23. The van der Waals surface area contributed by atoms with Crippen LogP contribution in [0.1, 0.15) is 40.0 Å². The molecular weight excluding hydrogens is 442 g/mol. The number of esters is 1. The van der Waals surface area contributed by atoms with E-state index in [9.17, 15) is 24.0 Å². The zero-order valence-electron chi connectivity index (χ0n) is 19.2. The fraction of sp³-hybridized carbons (Fsp3) is 0.522. The van der Waals surface area contributed by atoms with E-state index in [0.717, 1.165) is 43.3 Å². The third-order valence-electron chi connectivity index (χ3n) is 6.52. The summed E-state index contributed by atoms with van der Waals surface area (Å²) < 4.78 is 4.69. The van der Waals surface area contributed by atoms with Gasteiger partial charge in [-0.2, -0.15) is 0 Å². The minimum atomic E-state index is -0.965. The number of hydrogen-bond donors (Lipinski definition) is 2. The molecule has 1 unspecified atom stereocenters. The maximum atomic E-state index is 12.9. The Balaban J connectivity index is 1.27. The predicted molar refractivity (Wildman–Crippen MR) is 121 cm³/mol. The molecule has 1 atom stereocenters. The number of hydrogen-bond acceptors (Lipinski definition) is 9. The van der Waals surface area contributed by atoms with Gasteiger partial charge in [0.25, 0.3) is 11.8 Å². The van der Waals surface area contributed by atoms with Crippen LogP contribution in [-0.4, -0.2) is 103 Å². The second kappa shape index (κ2) is 10.3. The van der Waals surface area contributed by atoms with Gasteiger partial charge in [-0.3, -0.25) is 39.1 Å². The maximum Gasteiger partial charge on any atom is 0.306 e. The van der Waals surface area contributed by atoms with Gasteiger partial charge >= 0.3 is 5.97 Å². The Morgan fingerprint density at radius 1 is 1.03 bits per heavy atom. The molecule has 0 bridgehead atoms. The molecular formula is C23H29N5O6. The van der Waals surface area contributed by atoms with Gasteiger partial charge in [0.05, 0.1) is 24.7 Å². The van der Waals surface area contributed by atoms with Crippen molar-refractivity contribution in [2.45, 2.75) is 25.3 Å². The lowest BCUT2D eigenvalue weighted by molar-refractivity contribution is -0.141. The summed E-state index contributed by atoms with van der Waals surface area (Å²) in [4.78, 5) is 66.1. The van der Waals surface area contributed by atoms with E-state index in [1.54, 1.807) is 18.2 Å². The van der Waals surface area contributed by atoms with Crippen LogP contribution in [-0.2, 0) is 19.1 Å². The van der Waals surface area contributed by atoms with E-state index >= 15 is 0 Å².